The Kier molecular flexibility index (Phi) is 5.12. The molecule has 1 fully saturated rings. The van der Waals surface area contributed by atoms with Gasteiger partial charge >= 0.3 is 0 Å². The molecule has 0 saturated carbocycles. The molecule has 2 unspecified atom stereocenters. The first-order valence-corrected chi connectivity index (χ1v) is 8.67. The van der Waals surface area contributed by atoms with Crippen LogP contribution in [0.5, 0.6) is 0 Å². The molecular formula is C16H21ClN2O2S. The van der Waals surface area contributed by atoms with E-state index >= 15 is 0 Å². The van der Waals surface area contributed by atoms with E-state index in [4.69, 9.17) is 5.73 Å². The standard InChI is InChI=1S/C16H20N2O2S.ClH/c1-12-9-13(10-17)11-18(12)21(19,20)16-8-4-6-14-5-2-3-7-15(14)16;/h2-8,12-13H,9-11,17H2,1H3;1H. The second-order valence-electron chi connectivity index (χ2n) is 5.74. The molecule has 0 amide bonds. The zero-order chi connectivity index (χ0) is 15.0. The predicted molar refractivity (Wildman–Crippen MR) is 91.7 cm³/mol. The number of hydrogen-bond donors (Lipinski definition) is 1. The first kappa shape index (κ1) is 17.2. The van der Waals surface area contributed by atoms with Gasteiger partial charge in [0.25, 0.3) is 0 Å². The Morgan fingerprint density at radius 2 is 1.86 bits per heavy atom. The lowest BCUT2D eigenvalue weighted by molar-refractivity contribution is 0.405. The van der Waals surface area contributed by atoms with Crippen molar-refractivity contribution in [2.75, 3.05) is 13.1 Å². The van der Waals surface area contributed by atoms with Crippen LogP contribution in [0.1, 0.15) is 13.3 Å². The van der Waals surface area contributed by atoms with Crippen LogP contribution in [0, 0.1) is 5.92 Å². The first-order valence-electron chi connectivity index (χ1n) is 7.23. The van der Waals surface area contributed by atoms with Crippen LogP contribution in [-0.4, -0.2) is 31.9 Å². The highest BCUT2D eigenvalue weighted by molar-refractivity contribution is 7.89. The number of nitrogens with two attached hydrogens (primary N) is 1. The van der Waals surface area contributed by atoms with Crippen molar-refractivity contribution >= 4 is 33.2 Å². The average Bonchev–Trinajstić information content (AvgIpc) is 2.88. The van der Waals surface area contributed by atoms with Gasteiger partial charge in [-0.2, -0.15) is 4.31 Å². The van der Waals surface area contributed by atoms with Crippen LogP contribution in [0.2, 0.25) is 0 Å². The fourth-order valence-corrected chi connectivity index (χ4v) is 5.10. The maximum atomic E-state index is 13.0. The van der Waals surface area contributed by atoms with Crippen molar-refractivity contribution < 1.29 is 8.42 Å². The van der Waals surface area contributed by atoms with Crippen molar-refractivity contribution in [3.8, 4) is 0 Å². The van der Waals surface area contributed by atoms with Gasteiger partial charge in [0.15, 0.2) is 0 Å². The minimum atomic E-state index is -3.48. The van der Waals surface area contributed by atoms with E-state index < -0.39 is 10.0 Å². The third-order valence-electron chi connectivity index (χ3n) is 4.27. The molecule has 4 nitrogen and oxygen atoms in total. The van der Waals surface area contributed by atoms with Crippen molar-refractivity contribution in [2.24, 2.45) is 11.7 Å². The van der Waals surface area contributed by atoms with Crippen molar-refractivity contribution in [1.82, 2.24) is 4.31 Å². The summed E-state index contributed by atoms with van der Waals surface area (Å²) in [6, 6.07) is 13.0. The highest BCUT2D eigenvalue weighted by atomic mass is 35.5. The van der Waals surface area contributed by atoms with Crippen molar-refractivity contribution in [3.63, 3.8) is 0 Å². The minimum Gasteiger partial charge on any atom is -0.330 e. The highest BCUT2D eigenvalue weighted by Gasteiger charge is 2.37. The van der Waals surface area contributed by atoms with E-state index in [9.17, 15) is 8.42 Å². The summed E-state index contributed by atoms with van der Waals surface area (Å²) in [4.78, 5) is 0.394. The van der Waals surface area contributed by atoms with E-state index in [1.54, 1.807) is 16.4 Å². The lowest BCUT2D eigenvalue weighted by atomic mass is 10.1. The fourth-order valence-electron chi connectivity index (χ4n) is 3.16. The Hall–Kier alpha value is -1.14. The van der Waals surface area contributed by atoms with Crippen LogP contribution in [0.15, 0.2) is 47.4 Å². The monoisotopic (exact) mass is 340 g/mol. The van der Waals surface area contributed by atoms with E-state index in [1.807, 2.05) is 37.3 Å². The van der Waals surface area contributed by atoms with Gasteiger partial charge in [0, 0.05) is 18.0 Å². The van der Waals surface area contributed by atoms with E-state index in [1.165, 1.54) is 0 Å². The molecular weight excluding hydrogens is 320 g/mol. The Labute approximate surface area is 137 Å². The van der Waals surface area contributed by atoms with Gasteiger partial charge in [-0.25, -0.2) is 8.42 Å². The number of nitrogens with zero attached hydrogens (tertiary/aromatic N) is 1. The first-order chi connectivity index (χ1) is 10.0. The third kappa shape index (κ3) is 2.86. The van der Waals surface area contributed by atoms with Crippen LogP contribution >= 0.6 is 12.4 Å². The molecule has 2 aromatic carbocycles. The van der Waals surface area contributed by atoms with Crippen LogP contribution in [0.25, 0.3) is 10.8 Å². The van der Waals surface area contributed by atoms with Gasteiger partial charge in [0.2, 0.25) is 10.0 Å². The van der Waals surface area contributed by atoms with Gasteiger partial charge in [-0.05, 0) is 37.3 Å². The Bertz CT molecular complexity index is 758. The molecule has 22 heavy (non-hydrogen) atoms. The maximum absolute atomic E-state index is 13.0. The molecule has 3 rings (SSSR count). The zero-order valence-electron chi connectivity index (χ0n) is 12.5. The summed E-state index contributed by atoms with van der Waals surface area (Å²) in [6.07, 6.45) is 0.834. The average molecular weight is 341 g/mol. The summed E-state index contributed by atoms with van der Waals surface area (Å²) in [5, 5.41) is 1.73. The maximum Gasteiger partial charge on any atom is 0.243 e. The number of fused-ring (bicyclic) bond motifs is 1. The number of sulfonamides is 1. The minimum absolute atomic E-state index is 0. The molecule has 0 aromatic heterocycles. The van der Waals surface area contributed by atoms with E-state index in [0.29, 0.717) is 18.0 Å². The Morgan fingerprint density at radius 3 is 2.55 bits per heavy atom. The van der Waals surface area contributed by atoms with Gasteiger partial charge in [0.1, 0.15) is 0 Å². The largest absolute Gasteiger partial charge is 0.330 e. The third-order valence-corrected chi connectivity index (χ3v) is 6.31. The fraction of sp³-hybridized carbons (Fsp3) is 0.375. The summed E-state index contributed by atoms with van der Waals surface area (Å²) in [5.41, 5.74) is 5.71. The molecule has 1 heterocycles. The molecule has 2 N–H and O–H groups in total. The molecule has 1 aliphatic rings. The molecule has 0 spiro atoms. The van der Waals surface area contributed by atoms with Gasteiger partial charge in [-0.1, -0.05) is 36.4 Å². The zero-order valence-corrected chi connectivity index (χ0v) is 14.1. The Balaban J connectivity index is 0.00000176. The molecule has 0 radical (unpaired) electrons. The normalized spacial score (nSPS) is 22.6. The van der Waals surface area contributed by atoms with Gasteiger partial charge in [-0.15, -0.1) is 12.4 Å². The highest BCUT2D eigenvalue weighted by Crippen LogP contribution is 2.32. The molecule has 2 aromatic rings. The van der Waals surface area contributed by atoms with Crippen molar-refractivity contribution in [2.45, 2.75) is 24.3 Å². The summed E-state index contributed by atoms with van der Waals surface area (Å²) >= 11 is 0. The lowest BCUT2D eigenvalue weighted by Gasteiger charge is -2.22. The lowest BCUT2D eigenvalue weighted by Crippen LogP contribution is -2.34. The van der Waals surface area contributed by atoms with Gasteiger partial charge in [-0.3, -0.25) is 0 Å². The number of halogens is 1. The molecule has 0 bridgehead atoms. The van der Waals surface area contributed by atoms with Crippen molar-refractivity contribution in [1.29, 1.82) is 0 Å². The second kappa shape index (κ2) is 6.54. The van der Waals surface area contributed by atoms with Crippen LogP contribution in [-0.2, 0) is 10.0 Å². The van der Waals surface area contributed by atoms with Gasteiger partial charge in [0.05, 0.1) is 4.90 Å². The topological polar surface area (TPSA) is 63.4 Å². The van der Waals surface area contributed by atoms with Crippen molar-refractivity contribution in [3.05, 3.63) is 42.5 Å². The quantitative estimate of drug-likeness (QED) is 0.934. The molecule has 2 atom stereocenters. The molecule has 1 aliphatic heterocycles. The molecule has 120 valence electrons. The van der Waals surface area contributed by atoms with E-state index in [0.717, 1.165) is 17.2 Å². The summed E-state index contributed by atoms with van der Waals surface area (Å²) in [7, 11) is -3.48. The number of benzene rings is 2. The Morgan fingerprint density at radius 1 is 1.18 bits per heavy atom. The summed E-state index contributed by atoms with van der Waals surface area (Å²) in [6.45, 7) is 3.01. The molecule has 0 aliphatic carbocycles. The molecule has 6 heteroatoms. The van der Waals surface area contributed by atoms with E-state index in [-0.39, 0.29) is 24.4 Å². The van der Waals surface area contributed by atoms with Crippen LogP contribution in [0.3, 0.4) is 0 Å². The molecule has 1 saturated heterocycles. The second-order valence-corrected chi connectivity index (χ2v) is 7.60. The van der Waals surface area contributed by atoms with Gasteiger partial charge < -0.3 is 5.73 Å². The van der Waals surface area contributed by atoms with Crippen LogP contribution < -0.4 is 5.73 Å². The summed E-state index contributed by atoms with van der Waals surface area (Å²) < 4.78 is 27.6. The van der Waals surface area contributed by atoms with E-state index in [2.05, 4.69) is 0 Å². The number of rotatable bonds is 3. The summed E-state index contributed by atoms with van der Waals surface area (Å²) in [5.74, 6) is 0.254. The smallest absolute Gasteiger partial charge is 0.243 e. The number of hydrogen-bond acceptors (Lipinski definition) is 3. The predicted octanol–water partition coefficient (Wildman–Crippen LogP) is 2.62. The SMILES string of the molecule is CC1CC(CN)CN1S(=O)(=O)c1cccc2ccccc12.Cl. The van der Waals surface area contributed by atoms with Crippen LogP contribution in [0.4, 0.5) is 0 Å².